The van der Waals surface area contributed by atoms with Crippen molar-refractivity contribution < 1.29 is 14.7 Å². The Labute approximate surface area is 112 Å². The predicted molar refractivity (Wildman–Crippen MR) is 68.9 cm³/mol. The highest BCUT2D eigenvalue weighted by Gasteiger charge is 2.39. The van der Waals surface area contributed by atoms with Crippen LogP contribution in [0.25, 0.3) is 0 Å². The summed E-state index contributed by atoms with van der Waals surface area (Å²) < 4.78 is 0. The zero-order valence-electron chi connectivity index (χ0n) is 11.1. The number of aliphatic carboxylic acids is 1. The van der Waals surface area contributed by atoms with E-state index in [1.165, 1.54) is 12.8 Å². The topological polar surface area (TPSA) is 64.1 Å². The molecular weight excluding hydrogens is 246 g/mol. The summed E-state index contributed by atoms with van der Waals surface area (Å²) in [5.41, 5.74) is 0. The van der Waals surface area contributed by atoms with Crippen LogP contribution >= 0.6 is 0 Å². The lowest BCUT2D eigenvalue weighted by Crippen LogP contribution is -2.57. The van der Waals surface area contributed by atoms with Crippen LogP contribution in [0.3, 0.4) is 0 Å². The average Bonchev–Trinajstić information content (AvgIpc) is 2.64. The van der Waals surface area contributed by atoms with Crippen LogP contribution in [0.5, 0.6) is 0 Å². The molecule has 1 unspecified atom stereocenters. The van der Waals surface area contributed by atoms with Gasteiger partial charge in [-0.25, -0.2) is 4.79 Å². The van der Waals surface area contributed by atoms with Gasteiger partial charge in [-0.15, -0.1) is 0 Å². The molecule has 0 aromatic heterocycles. The van der Waals surface area contributed by atoms with Gasteiger partial charge in [-0.05, 0) is 25.8 Å². The first-order valence-electron chi connectivity index (χ1n) is 7.16. The minimum Gasteiger partial charge on any atom is -0.481 e. The number of rotatable bonds is 1. The van der Waals surface area contributed by atoms with Crippen molar-refractivity contribution in [1.82, 2.24) is 14.7 Å². The van der Waals surface area contributed by atoms with E-state index in [4.69, 9.17) is 5.11 Å². The van der Waals surface area contributed by atoms with Crippen molar-refractivity contribution >= 4 is 12.0 Å². The maximum Gasteiger partial charge on any atom is 0.320 e. The fraction of sp³-hybridized carbons (Fsp3) is 0.846. The number of carboxylic acid groups (broad SMARTS) is 1. The van der Waals surface area contributed by atoms with Crippen molar-refractivity contribution in [3.8, 4) is 0 Å². The second-order valence-electron chi connectivity index (χ2n) is 5.85. The number of fused-ring (bicyclic) bond motifs is 1. The van der Waals surface area contributed by atoms with E-state index >= 15 is 0 Å². The molecule has 0 spiro atoms. The first kappa shape index (κ1) is 12.7. The first-order chi connectivity index (χ1) is 9.15. The van der Waals surface area contributed by atoms with E-state index in [0.717, 1.165) is 32.6 Å². The van der Waals surface area contributed by atoms with E-state index in [2.05, 4.69) is 4.90 Å². The van der Waals surface area contributed by atoms with Crippen LogP contribution in [0.1, 0.15) is 19.3 Å². The number of nitrogens with zero attached hydrogens (tertiary/aromatic N) is 3. The summed E-state index contributed by atoms with van der Waals surface area (Å²) >= 11 is 0. The van der Waals surface area contributed by atoms with Gasteiger partial charge in [0.1, 0.15) is 0 Å². The van der Waals surface area contributed by atoms with E-state index < -0.39 is 5.97 Å². The van der Waals surface area contributed by atoms with Gasteiger partial charge in [-0.1, -0.05) is 0 Å². The zero-order chi connectivity index (χ0) is 13.4. The number of carbonyl (C=O) groups excluding carboxylic acids is 1. The highest BCUT2D eigenvalue weighted by Crippen LogP contribution is 2.24. The molecule has 1 N–H and O–H groups in total. The Balaban J connectivity index is 1.56. The summed E-state index contributed by atoms with van der Waals surface area (Å²) in [6.45, 7) is 4.62. The molecule has 1 atom stereocenters. The minimum atomic E-state index is -0.790. The molecule has 0 saturated carbocycles. The van der Waals surface area contributed by atoms with Gasteiger partial charge >= 0.3 is 12.0 Å². The molecule has 2 amide bonds. The van der Waals surface area contributed by atoms with Crippen LogP contribution in [-0.4, -0.2) is 77.1 Å². The van der Waals surface area contributed by atoms with Crippen LogP contribution in [0.15, 0.2) is 0 Å². The lowest BCUT2D eigenvalue weighted by Gasteiger charge is -2.40. The molecule has 0 radical (unpaired) electrons. The molecular formula is C13H21N3O3. The van der Waals surface area contributed by atoms with E-state index in [1.807, 2.05) is 4.90 Å². The van der Waals surface area contributed by atoms with Crippen molar-refractivity contribution in [3.05, 3.63) is 0 Å². The summed E-state index contributed by atoms with van der Waals surface area (Å²) in [7, 11) is 0. The zero-order valence-corrected chi connectivity index (χ0v) is 11.1. The Bertz CT molecular complexity index is 381. The molecule has 3 aliphatic heterocycles. The van der Waals surface area contributed by atoms with Gasteiger partial charge in [0.2, 0.25) is 0 Å². The van der Waals surface area contributed by atoms with Gasteiger partial charge < -0.3 is 14.9 Å². The Hall–Kier alpha value is -1.30. The van der Waals surface area contributed by atoms with Crippen molar-refractivity contribution in [2.24, 2.45) is 5.92 Å². The standard InChI is InChI=1S/C13H21N3O3/c17-12(18)10-7-16(8-10)13(19)15-6-2-5-14-4-1-3-11(14)9-15/h10-11H,1-9H2,(H,17,18). The quantitative estimate of drug-likeness (QED) is 0.742. The van der Waals surface area contributed by atoms with Gasteiger partial charge in [-0.2, -0.15) is 0 Å². The van der Waals surface area contributed by atoms with Crippen LogP contribution in [-0.2, 0) is 4.79 Å². The number of hydrogen-bond acceptors (Lipinski definition) is 3. The lowest BCUT2D eigenvalue weighted by molar-refractivity contribution is -0.146. The highest BCUT2D eigenvalue weighted by atomic mass is 16.4. The van der Waals surface area contributed by atoms with Gasteiger partial charge in [0.25, 0.3) is 0 Å². The Morgan fingerprint density at radius 3 is 2.42 bits per heavy atom. The van der Waals surface area contributed by atoms with Gasteiger partial charge in [0.05, 0.1) is 5.92 Å². The van der Waals surface area contributed by atoms with Gasteiger partial charge in [0.15, 0.2) is 0 Å². The van der Waals surface area contributed by atoms with Crippen LogP contribution in [0.2, 0.25) is 0 Å². The van der Waals surface area contributed by atoms with E-state index in [-0.39, 0.29) is 11.9 Å². The molecule has 6 nitrogen and oxygen atoms in total. The molecule has 3 rings (SSSR count). The molecule has 3 aliphatic rings. The Morgan fingerprint density at radius 2 is 1.68 bits per heavy atom. The van der Waals surface area contributed by atoms with Crippen LogP contribution < -0.4 is 0 Å². The number of urea groups is 1. The van der Waals surface area contributed by atoms with E-state index in [0.29, 0.717) is 19.1 Å². The van der Waals surface area contributed by atoms with E-state index in [9.17, 15) is 9.59 Å². The van der Waals surface area contributed by atoms with Crippen molar-refractivity contribution in [3.63, 3.8) is 0 Å². The number of amides is 2. The second-order valence-corrected chi connectivity index (χ2v) is 5.85. The van der Waals surface area contributed by atoms with Crippen molar-refractivity contribution in [2.45, 2.75) is 25.3 Å². The summed E-state index contributed by atoms with van der Waals surface area (Å²) in [6.07, 6.45) is 3.44. The minimum absolute atomic E-state index is 0.0336. The van der Waals surface area contributed by atoms with Crippen molar-refractivity contribution in [1.29, 1.82) is 0 Å². The molecule has 6 heteroatoms. The molecule has 0 aromatic carbocycles. The molecule has 3 heterocycles. The number of likely N-dealkylation sites (tertiary alicyclic amines) is 1. The maximum absolute atomic E-state index is 12.3. The summed E-state index contributed by atoms with van der Waals surface area (Å²) in [6, 6.07) is 0.550. The Morgan fingerprint density at radius 1 is 0.947 bits per heavy atom. The molecule has 3 saturated heterocycles. The second kappa shape index (κ2) is 5.00. The number of hydrogen-bond donors (Lipinski definition) is 1. The summed E-state index contributed by atoms with van der Waals surface area (Å²) in [5, 5.41) is 8.85. The molecule has 3 fully saturated rings. The van der Waals surface area contributed by atoms with Crippen LogP contribution in [0.4, 0.5) is 4.79 Å². The third-order valence-electron chi connectivity index (χ3n) is 4.58. The fourth-order valence-electron chi connectivity index (χ4n) is 3.37. The van der Waals surface area contributed by atoms with Crippen molar-refractivity contribution in [2.75, 3.05) is 39.3 Å². The largest absolute Gasteiger partial charge is 0.481 e. The molecule has 0 aliphatic carbocycles. The third-order valence-corrected chi connectivity index (χ3v) is 4.58. The average molecular weight is 267 g/mol. The fourth-order valence-corrected chi connectivity index (χ4v) is 3.37. The summed E-state index contributed by atoms with van der Waals surface area (Å²) in [5.74, 6) is -1.15. The predicted octanol–water partition coefficient (Wildman–Crippen LogP) is 0.293. The number of carboxylic acids is 1. The first-order valence-corrected chi connectivity index (χ1v) is 7.16. The molecule has 0 bridgehead atoms. The maximum atomic E-state index is 12.3. The Kier molecular flexibility index (Phi) is 3.35. The smallest absolute Gasteiger partial charge is 0.320 e. The van der Waals surface area contributed by atoms with Crippen LogP contribution in [0, 0.1) is 5.92 Å². The lowest BCUT2D eigenvalue weighted by atomic mass is 10.0. The SMILES string of the molecule is O=C(O)C1CN(C(=O)N2CCCN3CCCC3C2)C1. The van der Waals surface area contributed by atoms with Gasteiger partial charge in [-0.3, -0.25) is 9.69 Å². The molecule has 0 aromatic rings. The van der Waals surface area contributed by atoms with Gasteiger partial charge in [0, 0.05) is 38.8 Å². The third kappa shape index (κ3) is 2.41. The van der Waals surface area contributed by atoms with E-state index in [1.54, 1.807) is 4.90 Å². The molecule has 106 valence electrons. The number of carbonyl (C=O) groups is 2. The summed E-state index contributed by atoms with van der Waals surface area (Å²) in [4.78, 5) is 29.2. The monoisotopic (exact) mass is 267 g/mol. The normalized spacial score (nSPS) is 28.7. The highest BCUT2D eigenvalue weighted by molar-refractivity contribution is 5.79. The molecule has 19 heavy (non-hydrogen) atoms.